The standard InChI is InChI=1S/C36H29N2Si.C13H24O2.Ir/c1-39(2,3)28-19-21-33-32(23-28)31(25-12-6-4-7-13-25)24-34(37-33)26-18-20-30-29-16-10-11-17-35(29)38(36(30)22-26)27-14-8-5-9-15-27;1-5-10(6-2)12(14)9-13(15)11(7-3)8-4;/h4-17,19-24H,1-3H3;9-11,14H,5-8H2,1-4H3;/q-1;;/b;12-9-;. The summed E-state index contributed by atoms with van der Waals surface area (Å²) in [6, 6.07) is 47.0. The van der Waals surface area contributed by atoms with Gasteiger partial charge >= 0.3 is 0 Å². The molecule has 0 aliphatic carbocycles. The Morgan fingerprint density at radius 1 is 0.727 bits per heavy atom. The maximum Gasteiger partial charge on any atom is 0.162 e. The molecule has 1 N–H and O–H groups in total. The number of allylic oxidation sites excluding steroid dienone is 2. The zero-order valence-electron chi connectivity index (χ0n) is 33.2. The van der Waals surface area contributed by atoms with Gasteiger partial charge in [-0.25, -0.2) is 0 Å². The van der Waals surface area contributed by atoms with Gasteiger partial charge in [0.15, 0.2) is 5.78 Å². The largest absolute Gasteiger partial charge is 0.512 e. The molecule has 1 radical (unpaired) electrons. The second-order valence-corrected chi connectivity index (χ2v) is 20.3. The third-order valence-corrected chi connectivity index (χ3v) is 12.8. The van der Waals surface area contributed by atoms with E-state index in [-0.39, 0.29) is 43.5 Å². The summed E-state index contributed by atoms with van der Waals surface area (Å²) in [5.74, 6) is 0.547. The molecule has 6 heteroatoms. The van der Waals surface area contributed by atoms with Crippen molar-refractivity contribution in [2.45, 2.75) is 73.0 Å². The van der Waals surface area contributed by atoms with E-state index in [4.69, 9.17) is 4.98 Å². The van der Waals surface area contributed by atoms with E-state index in [1.54, 1.807) is 0 Å². The number of aliphatic hydroxyl groups is 1. The number of ketones is 1. The molecule has 5 aromatic carbocycles. The van der Waals surface area contributed by atoms with Crippen LogP contribution in [0, 0.1) is 17.9 Å². The summed E-state index contributed by atoms with van der Waals surface area (Å²) in [6.07, 6.45) is 4.91. The van der Waals surface area contributed by atoms with E-state index >= 15 is 0 Å². The molecule has 4 nitrogen and oxygen atoms in total. The van der Waals surface area contributed by atoms with Gasteiger partial charge in [-0.15, -0.1) is 23.8 Å². The summed E-state index contributed by atoms with van der Waals surface area (Å²) in [7, 11) is -1.47. The minimum Gasteiger partial charge on any atom is -0.512 e. The fourth-order valence-electron chi connectivity index (χ4n) is 7.38. The van der Waals surface area contributed by atoms with Crippen LogP contribution in [0.3, 0.4) is 0 Å². The molecule has 0 bridgehead atoms. The second kappa shape index (κ2) is 18.3. The molecule has 0 unspecified atom stereocenters. The number of carbonyl (C=O) groups is 1. The first-order valence-electron chi connectivity index (χ1n) is 19.5. The number of benzene rings is 5. The summed E-state index contributed by atoms with van der Waals surface area (Å²) < 4.78 is 2.35. The maximum atomic E-state index is 11.7. The van der Waals surface area contributed by atoms with E-state index in [0.29, 0.717) is 0 Å². The van der Waals surface area contributed by atoms with Gasteiger partial charge in [0.25, 0.3) is 0 Å². The number of carbonyl (C=O) groups excluding carboxylic acids is 1. The molecule has 55 heavy (non-hydrogen) atoms. The van der Waals surface area contributed by atoms with Crippen molar-refractivity contribution in [2.24, 2.45) is 11.8 Å². The molecule has 0 atom stereocenters. The second-order valence-electron chi connectivity index (χ2n) is 15.2. The van der Waals surface area contributed by atoms with Crippen LogP contribution >= 0.6 is 0 Å². The van der Waals surface area contributed by atoms with Crippen LogP contribution in [0.15, 0.2) is 133 Å². The minimum absolute atomic E-state index is 0. The van der Waals surface area contributed by atoms with Crippen molar-refractivity contribution in [1.29, 1.82) is 0 Å². The summed E-state index contributed by atoms with van der Waals surface area (Å²) in [5, 5.41) is 14.8. The van der Waals surface area contributed by atoms with E-state index in [2.05, 4.69) is 152 Å². The molecule has 2 aromatic heterocycles. The van der Waals surface area contributed by atoms with Crippen LogP contribution in [0.2, 0.25) is 19.6 Å². The van der Waals surface area contributed by atoms with Crippen molar-refractivity contribution in [1.82, 2.24) is 9.55 Å². The average Bonchev–Trinajstić information content (AvgIpc) is 3.52. The molecule has 0 amide bonds. The summed E-state index contributed by atoms with van der Waals surface area (Å²) in [4.78, 5) is 16.9. The molecule has 0 saturated heterocycles. The molecule has 0 saturated carbocycles. The molecule has 0 aliphatic heterocycles. The molecule has 0 fully saturated rings. The number of aliphatic hydroxyl groups excluding tert-OH is 1. The Kier molecular flexibility index (Phi) is 13.9. The summed E-state index contributed by atoms with van der Waals surface area (Å²) in [6.45, 7) is 15.3. The van der Waals surface area contributed by atoms with Gasteiger partial charge in [0.05, 0.1) is 19.3 Å². The van der Waals surface area contributed by atoms with E-state index in [1.807, 2.05) is 27.7 Å². The molecule has 7 rings (SSSR count). The van der Waals surface area contributed by atoms with Crippen molar-refractivity contribution in [3.8, 4) is 28.1 Å². The molecular formula is C49H53IrN2O2Si-. The number of hydrogen-bond acceptors (Lipinski definition) is 3. The quantitative estimate of drug-likeness (QED) is 0.0609. The van der Waals surface area contributed by atoms with Gasteiger partial charge in [0, 0.05) is 54.6 Å². The maximum absolute atomic E-state index is 11.7. The number of para-hydroxylation sites is 2. The number of fused-ring (bicyclic) bond motifs is 4. The van der Waals surface area contributed by atoms with Gasteiger partial charge in [0.1, 0.15) is 0 Å². The molecule has 2 heterocycles. The first kappa shape index (κ1) is 41.5. The smallest absolute Gasteiger partial charge is 0.162 e. The molecular weight excluding hydrogens is 869 g/mol. The Labute approximate surface area is 341 Å². The molecule has 0 aliphatic rings. The minimum atomic E-state index is -1.47. The third kappa shape index (κ3) is 9.10. The van der Waals surface area contributed by atoms with Gasteiger partial charge in [-0.3, -0.25) is 9.78 Å². The van der Waals surface area contributed by atoms with Crippen molar-refractivity contribution >= 4 is 51.8 Å². The monoisotopic (exact) mass is 922 g/mol. The van der Waals surface area contributed by atoms with Gasteiger partial charge in [-0.2, -0.15) is 0 Å². The van der Waals surface area contributed by atoms with Crippen LogP contribution in [0.5, 0.6) is 0 Å². The number of hydrogen-bond donors (Lipinski definition) is 1. The van der Waals surface area contributed by atoms with Gasteiger partial charge in [-0.1, -0.05) is 143 Å². The number of pyridine rings is 1. The Bertz CT molecular complexity index is 2400. The van der Waals surface area contributed by atoms with Crippen LogP contribution in [0.1, 0.15) is 53.4 Å². The van der Waals surface area contributed by atoms with Crippen LogP contribution in [-0.4, -0.2) is 28.5 Å². The van der Waals surface area contributed by atoms with E-state index in [0.717, 1.165) is 53.7 Å². The molecule has 0 spiro atoms. The first-order valence-corrected chi connectivity index (χ1v) is 23.0. The molecule has 285 valence electrons. The normalized spacial score (nSPS) is 11.9. The van der Waals surface area contributed by atoms with Crippen molar-refractivity contribution in [2.75, 3.05) is 0 Å². The zero-order chi connectivity index (χ0) is 38.4. The van der Waals surface area contributed by atoms with Crippen LogP contribution in [-0.2, 0) is 24.9 Å². The van der Waals surface area contributed by atoms with Crippen LogP contribution in [0.25, 0.3) is 60.8 Å². The van der Waals surface area contributed by atoms with Gasteiger partial charge < -0.3 is 9.67 Å². The fraction of sp³-hybridized carbons (Fsp3) is 0.265. The first-order chi connectivity index (χ1) is 26.1. The van der Waals surface area contributed by atoms with E-state index < -0.39 is 8.07 Å². The zero-order valence-corrected chi connectivity index (χ0v) is 36.6. The van der Waals surface area contributed by atoms with Crippen molar-refractivity contribution in [3.63, 3.8) is 0 Å². The van der Waals surface area contributed by atoms with Gasteiger partial charge in [-0.05, 0) is 77.7 Å². The van der Waals surface area contributed by atoms with Crippen LogP contribution in [0.4, 0.5) is 0 Å². The summed E-state index contributed by atoms with van der Waals surface area (Å²) >= 11 is 0. The molecule has 7 aromatic rings. The van der Waals surface area contributed by atoms with Crippen LogP contribution < -0.4 is 5.19 Å². The Hall–Kier alpha value is -4.61. The number of aromatic nitrogens is 2. The van der Waals surface area contributed by atoms with E-state index in [9.17, 15) is 9.90 Å². The number of nitrogens with zero attached hydrogens (tertiary/aromatic N) is 2. The fourth-order valence-corrected chi connectivity index (χ4v) is 8.54. The Morgan fingerprint density at radius 3 is 1.98 bits per heavy atom. The van der Waals surface area contributed by atoms with Gasteiger partial charge in [0.2, 0.25) is 0 Å². The third-order valence-electron chi connectivity index (χ3n) is 10.7. The topological polar surface area (TPSA) is 55.1 Å². The Morgan fingerprint density at radius 2 is 1.35 bits per heavy atom. The van der Waals surface area contributed by atoms with Crippen molar-refractivity contribution in [3.05, 3.63) is 139 Å². The summed E-state index contributed by atoms with van der Waals surface area (Å²) in [5.41, 5.74) is 8.88. The number of rotatable bonds is 11. The van der Waals surface area contributed by atoms with Crippen molar-refractivity contribution < 1.29 is 30.0 Å². The SMILES string of the molecule is CCC(CC)C(=O)/C=C(\O)C(CC)CC.C[Si](C)(C)c1ccc2nc(-c3[c-]cc4c5ccccc5n(-c5ccccc5)c4c3)cc(-c3ccccc3)c2c1.[Ir]. The van der Waals surface area contributed by atoms with E-state index in [1.165, 1.54) is 44.1 Å². The average molecular weight is 922 g/mol. The predicted molar refractivity (Wildman–Crippen MR) is 233 cm³/mol. The Balaban J connectivity index is 0.000000311. The predicted octanol–water partition coefficient (Wildman–Crippen LogP) is 12.9.